The summed E-state index contributed by atoms with van der Waals surface area (Å²) in [6.07, 6.45) is 18.9. The molecule has 12 aromatic rings. The zero-order chi connectivity index (χ0) is 73.2. The van der Waals surface area contributed by atoms with Crippen molar-refractivity contribution >= 4 is 123 Å². The van der Waals surface area contributed by atoms with Crippen LogP contribution in [0.4, 0.5) is 17.5 Å². The Bertz CT molecular complexity index is 5090. The number of aryl methyl sites for hydroxylation is 3. The summed E-state index contributed by atoms with van der Waals surface area (Å²) in [4.78, 5) is 69.7. The van der Waals surface area contributed by atoms with E-state index in [0.717, 1.165) is 54.4 Å². The molecule has 15 rings (SSSR count). The molecule has 3 fully saturated rings. The SMILES string of the molecule is C.C[C@H]1C[C@H](Nc2ncncc2C(=O)c2cc(CCl)cs2)C[C@@H]1CO.Cc1c[nH]c2ccccc12.Cc1cn(Cc2csc(C(=O)c3cncnc3N[C@@H]3C[C@H](CO)[C@@H](C)C3)c2)c2ccccc12.Cc1cn(Cc2csc(C(=O)c3cncnc3N[C@@H]3C[C@H](COS(N)(=O)=O)[C@@H](O)C3)c2)c2ccccc12. The van der Waals surface area contributed by atoms with Crippen LogP contribution in [0.2, 0.25) is 0 Å². The molecule has 0 saturated heterocycles. The molecule has 9 aromatic heterocycles. The zero-order valence-electron chi connectivity index (χ0n) is 58.2. The lowest BCUT2D eigenvalue weighted by atomic mass is 10.00. The lowest BCUT2D eigenvalue weighted by molar-refractivity contribution is 0.100. The smallest absolute Gasteiger partial charge is 0.333 e. The summed E-state index contributed by atoms with van der Waals surface area (Å²) < 4.78 is 31.2. The number of nitrogens with one attached hydrogen (secondary N) is 4. The van der Waals surface area contributed by atoms with Gasteiger partial charge < -0.3 is 45.4 Å². The van der Waals surface area contributed by atoms with Gasteiger partial charge in [-0.2, -0.15) is 8.42 Å². The fraction of sp³-hybridized carbons (Fsp3) is 0.346. The number of para-hydroxylation sites is 3. The molecule has 3 aromatic carbocycles. The van der Waals surface area contributed by atoms with Crippen LogP contribution in [-0.2, 0) is 33.5 Å². The van der Waals surface area contributed by atoms with Crippen LogP contribution >= 0.6 is 45.6 Å². The van der Waals surface area contributed by atoms with E-state index < -0.39 is 22.3 Å². The van der Waals surface area contributed by atoms with Crippen LogP contribution in [0.5, 0.6) is 0 Å². The number of ketones is 3. The number of alkyl halides is 1. The van der Waals surface area contributed by atoms with E-state index >= 15 is 0 Å². The van der Waals surface area contributed by atoms with Gasteiger partial charge in [-0.1, -0.05) is 75.9 Å². The van der Waals surface area contributed by atoms with Gasteiger partial charge in [0.15, 0.2) is 0 Å². The molecule has 0 bridgehead atoms. The van der Waals surface area contributed by atoms with Crippen molar-refractivity contribution in [3.8, 4) is 0 Å². The van der Waals surface area contributed by atoms with Crippen LogP contribution in [0.15, 0.2) is 163 Å². The first-order valence-corrected chi connectivity index (χ1v) is 39.2. The topological polar surface area (TPSA) is 320 Å². The number of carbonyl (C=O) groups is 3. The molecule has 0 amide bonds. The number of hydrogen-bond acceptors (Lipinski definition) is 21. The van der Waals surface area contributed by atoms with Crippen molar-refractivity contribution in [2.24, 2.45) is 34.7 Å². The molecular weight excluding hydrogens is 1430 g/mol. The second-order valence-electron chi connectivity index (χ2n) is 27.2. The predicted octanol–water partition coefficient (Wildman–Crippen LogP) is 14.2. The van der Waals surface area contributed by atoms with E-state index in [0.29, 0.717) is 91.8 Å². The monoisotopic (exact) mass is 1510 g/mol. The van der Waals surface area contributed by atoms with E-state index in [4.69, 9.17) is 16.7 Å². The van der Waals surface area contributed by atoms with Gasteiger partial charge in [0.25, 0.3) is 0 Å². The number of nitrogens with zero attached hydrogens (tertiary/aromatic N) is 8. The predicted molar refractivity (Wildman–Crippen MR) is 418 cm³/mol. The number of hydrogen-bond donors (Lipinski definition) is 8. The van der Waals surface area contributed by atoms with Crippen molar-refractivity contribution in [2.75, 3.05) is 35.8 Å². The number of aliphatic hydroxyl groups excluding tert-OH is 3. The first kappa shape index (κ1) is 77.2. The zero-order valence-corrected chi connectivity index (χ0v) is 62.2. The summed E-state index contributed by atoms with van der Waals surface area (Å²) in [5.74, 6) is 2.62. The minimum Gasteiger partial charge on any atom is -0.396 e. The molecule has 0 aliphatic heterocycles. The van der Waals surface area contributed by atoms with E-state index in [1.54, 1.807) is 12.4 Å². The van der Waals surface area contributed by atoms with E-state index in [2.05, 4.69) is 171 Å². The highest BCUT2D eigenvalue weighted by Gasteiger charge is 2.36. The Morgan fingerprint density at radius 2 is 0.981 bits per heavy atom. The Morgan fingerprint density at radius 1 is 0.581 bits per heavy atom. The first-order chi connectivity index (χ1) is 50.2. The maximum atomic E-state index is 13.4. The van der Waals surface area contributed by atoms with Gasteiger partial charge in [-0.3, -0.25) is 18.6 Å². The van der Waals surface area contributed by atoms with Gasteiger partial charge in [-0.05, 0) is 169 Å². The maximum Gasteiger partial charge on any atom is 0.333 e. The van der Waals surface area contributed by atoms with Crippen LogP contribution in [0.25, 0.3) is 32.7 Å². The Balaban J connectivity index is 0.000000149. The summed E-state index contributed by atoms with van der Waals surface area (Å²) in [6.45, 7) is 12.2. The molecule has 105 heavy (non-hydrogen) atoms. The molecule has 9 atom stereocenters. The van der Waals surface area contributed by atoms with E-state index in [1.165, 1.54) is 103 Å². The second-order valence-corrected chi connectivity index (χ2v) is 31.5. The molecule has 27 heteroatoms. The fourth-order valence-electron chi connectivity index (χ4n) is 14.3. The summed E-state index contributed by atoms with van der Waals surface area (Å²) in [6, 6.07) is 30.8. The standard InChI is InChI=1S/C26H28N4O2S.C25H27N5O5S2.C17H20ClN3O2S.C9H9N.CH4/c1-16-7-20(9-19(16)13-31)29-26-22(10-27-15-28-26)25(32)24-8-18(14-33-24)12-30-11-17(2)21-5-3-4-6-23(21)30;1-15-10-30(21-5-3-2-4-19(15)21)11-16-6-23(36-13-16)24(32)20-9-27-14-28-25(20)29-18-7-17(22(31)8-18)12-35-37(26,33)34;1-10-2-13(4-12(10)7-22)21-17-14(6-19-9-20-17)16(23)15-3-11(5-18)8-24-15;1-7-6-10-9-5-3-2-4-8(7)9;/h3-6,8,10-11,14-16,19-20,31H,7,9,12-13H2,1-2H3,(H,27,28,29);2-6,9-10,13-14,17-18,22,31H,7-8,11-12H2,1H3,(H2,26,33,34)(H,27,28,29);3,6,8-10,12-13,22H,2,4-5,7H2,1H3,(H,19,20,21);2-6,10H,1H3;1H4/t16-,19+,20-;17-,18-,22+;10-,12+,13-;;/m010../s1. The third-order valence-electron chi connectivity index (χ3n) is 19.8. The molecule has 22 nitrogen and oxygen atoms in total. The van der Waals surface area contributed by atoms with Crippen LogP contribution < -0.4 is 21.1 Å². The van der Waals surface area contributed by atoms with E-state index in [1.807, 2.05) is 53.4 Å². The number of fused-ring (bicyclic) bond motifs is 3. The van der Waals surface area contributed by atoms with Gasteiger partial charge in [0.2, 0.25) is 17.3 Å². The number of nitrogens with two attached hydrogens (primary N) is 1. The average Bonchev–Trinajstić information content (AvgIpc) is 1.68. The maximum absolute atomic E-state index is 13.4. The Labute approximate surface area is 627 Å². The summed E-state index contributed by atoms with van der Waals surface area (Å²) >= 11 is 10.0. The Kier molecular flexibility index (Phi) is 25.7. The number of aromatic nitrogens is 9. The minimum absolute atomic E-state index is 0. The fourth-order valence-corrected chi connectivity index (χ4v) is 17.5. The summed E-state index contributed by atoms with van der Waals surface area (Å²) in [5.41, 5.74) is 11.7. The number of benzene rings is 3. The molecule has 9 heterocycles. The van der Waals surface area contributed by atoms with Gasteiger partial charge in [0.1, 0.15) is 36.4 Å². The van der Waals surface area contributed by atoms with Gasteiger partial charge in [-0.15, -0.1) is 45.6 Å². The lowest BCUT2D eigenvalue weighted by Crippen LogP contribution is -2.24. The normalized spacial score (nSPS) is 19.8. The molecule has 0 spiro atoms. The molecule has 3 aliphatic carbocycles. The number of rotatable bonds is 22. The molecule has 3 aliphatic rings. The average molecular weight is 1520 g/mol. The number of H-pyrrole nitrogens is 1. The van der Waals surface area contributed by atoms with Crippen LogP contribution in [0.1, 0.15) is 139 Å². The van der Waals surface area contributed by atoms with Gasteiger partial charge in [-0.25, -0.2) is 35.0 Å². The number of thiophene rings is 3. The number of aliphatic hydroxyl groups is 3. The van der Waals surface area contributed by atoms with E-state index in [9.17, 15) is 38.1 Å². The number of carbonyl (C=O) groups excluding carboxylic acids is 3. The third-order valence-corrected chi connectivity index (χ3v) is 23.5. The van der Waals surface area contributed by atoms with Gasteiger partial charge >= 0.3 is 10.3 Å². The molecule has 3 saturated carbocycles. The highest BCUT2D eigenvalue weighted by Crippen LogP contribution is 2.37. The minimum atomic E-state index is -4.09. The van der Waals surface area contributed by atoms with Crippen LogP contribution in [0, 0.1) is 50.4 Å². The second kappa shape index (κ2) is 35.0. The Hall–Kier alpha value is -8.93. The molecule has 9 N–H and O–H groups in total. The van der Waals surface area contributed by atoms with Crippen molar-refractivity contribution in [1.29, 1.82) is 0 Å². The van der Waals surface area contributed by atoms with E-state index in [-0.39, 0.29) is 68.6 Å². The lowest BCUT2D eigenvalue weighted by Gasteiger charge is -2.15. The van der Waals surface area contributed by atoms with Crippen molar-refractivity contribution in [2.45, 2.75) is 124 Å². The molecule has 0 unspecified atom stereocenters. The summed E-state index contributed by atoms with van der Waals surface area (Å²) in [5, 5.41) is 54.0. The number of anilines is 3. The highest BCUT2D eigenvalue weighted by molar-refractivity contribution is 7.84. The van der Waals surface area contributed by atoms with Crippen LogP contribution in [0.3, 0.4) is 0 Å². The van der Waals surface area contributed by atoms with Crippen molar-refractivity contribution in [1.82, 2.24) is 44.0 Å². The van der Waals surface area contributed by atoms with Crippen LogP contribution in [-0.4, -0.2) is 129 Å². The van der Waals surface area contributed by atoms with Crippen molar-refractivity contribution < 1.29 is 42.3 Å². The molecule has 550 valence electrons. The first-order valence-electron chi connectivity index (χ1n) is 34.5. The highest BCUT2D eigenvalue weighted by atomic mass is 35.5. The van der Waals surface area contributed by atoms with Crippen molar-refractivity contribution in [3.05, 3.63) is 228 Å². The number of aromatic amines is 1. The molecular formula is C78H88ClN13O9S4. The largest absolute Gasteiger partial charge is 0.396 e. The third kappa shape index (κ3) is 18.8. The van der Waals surface area contributed by atoms with Gasteiger partial charge in [0, 0.05) is 126 Å². The van der Waals surface area contributed by atoms with Gasteiger partial charge in [0.05, 0.1) is 44.0 Å². The molecule has 0 radical (unpaired) electrons. The quantitative estimate of drug-likeness (QED) is 0.0231. The Morgan fingerprint density at radius 3 is 1.39 bits per heavy atom. The number of halogens is 1. The summed E-state index contributed by atoms with van der Waals surface area (Å²) in [7, 11) is -4.09. The van der Waals surface area contributed by atoms with Crippen molar-refractivity contribution in [3.63, 3.8) is 0 Å².